The third kappa shape index (κ3) is 2.80. The van der Waals surface area contributed by atoms with Crippen molar-refractivity contribution in [2.24, 2.45) is 0 Å². The first-order valence-electron chi connectivity index (χ1n) is 7.39. The third-order valence-corrected chi connectivity index (χ3v) is 4.50. The molecule has 0 bridgehead atoms. The molecule has 2 aliphatic heterocycles. The average molecular weight is 336 g/mol. The molecule has 3 rings (SSSR count). The van der Waals surface area contributed by atoms with Crippen molar-refractivity contribution in [3.63, 3.8) is 0 Å². The first-order valence-corrected chi connectivity index (χ1v) is 7.77. The number of imide groups is 1. The lowest BCUT2D eigenvalue weighted by molar-refractivity contribution is -0.121. The van der Waals surface area contributed by atoms with Crippen molar-refractivity contribution >= 4 is 29.1 Å². The fraction of sp³-hybridized carbons (Fsp3) is 0.375. The highest BCUT2D eigenvalue weighted by Gasteiger charge is 2.41. The molecule has 1 saturated heterocycles. The van der Waals surface area contributed by atoms with Crippen LogP contribution >= 0.6 is 11.6 Å². The molecule has 1 fully saturated rings. The molecule has 1 aromatic rings. The summed E-state index contributed by atoms with van der Waals surface area (Å²) in [6.07, 6.45) is 0. The average Bonchev–Trinajstić information content (AvgIpc) is 2.78. The van der Waals surface area contributed by atoms with Crippen LogP contribution in [-0.2, 0) is 9.59 Å². The van der Waals surface area contributed by atoms with Gasteiger partial charge < -0.3 is 14.5 Å². The summed E-state index contributed by atoms with van der Waals surface area (Å²) in [6, 6.07) is 6.76. The zero-order valence-corrected chi connectivity index (χ0v) is 13.8. The second-order valence-corrected chi connectivity index (χ2v) is 5.97. The molecule has 0 aliphatic carbocycles. The first-order chi connectivity index (χ1) is 11.0. The van der Waals surface area contributed by atoms with Crippen LogP contribution in [0.3, 0.4) is 0 Å². The molecular formula is C16H18ClN3O3. The van der Waals surface area contributed by atoms with Crippen LogP contribution in [0.15, 0.2) is 35.0 Å². The molecule has 2 aliphatic rings. The number of methoxy groups -OCH3 is 1. The van der Waals surface area contributed by atoms with E-state index in [0.717, 1.165) is 18.0 Å². The monoisotopic (exact) mass is 335 g/mol. The van der Waals surface area contributed by atoms with Crippen LogP contribution < -0.4 is 9.64 Å². The Kier molecular flexibility index (Phi) is 4.28. The molecule has 0 N–H and O–H groups in total. The van der Waals surface area contributed by atoms with Gasteiger partial charge in [-0.15, -0.1) is 0 Å². The van der Waals surface area contributed by atoms with Gasteiger partial charge in [0.25, 0.3) is 11.8 Å². The van der Waals surface area contributed by atoms with Crippen LogP contribution in [0.25, 0.3) is 0 Å². The van der Waals surface area contributed by atoms with Crippen molar-refractivity contribution in [3.8, 4) is 5.75 Å². The molecular weight excluding hydrogens is 318 g/mol. The van der Waals surface area contributed by atoms with Crippen LogP contribution in [-0.4, -0.2) is 62.0 Å². The summed E-state index contributed by atoms with van der Waals surface area (Å²) in [5.41, 5.74) is 0.795. The number of piperazine rings is 1. The van der Waals surface area contributed by atoms with E-state index in [1.165, 1.54) is 0 Å². The molecule has 0 aromatic heterocycles. The Bertz CT molecular complexity index is 664. The Morgan fingerprint density at radius 1 is 1.00 bits per heavy atom. The molecule has 7 heteroatoms. The summed E-state index contributed by atoms with van der Waals surface area (Å²) >= 11 is 6.18. The second-order valence-electron chi connectivity index (χ2n) is 5.60. The van der Waals surface area contributed by atoms with Crippen molar-refractivity contribution in [1.82, 2.24) is 9.80 Å². The molecule has 0 unspecified atom stereocenters. The standard InChI is InChI=1S/C16H18ClN3O3/c1-18-7-9-19(10-8-18)14-13(17)15(21)20(16(14)22)11-3-5-12(23-2)6-4-11/h3-6H,7-10H2,1-2H3. The van der Waals surface area contributed by atoms with E-state index in [9.17, 15) is 9.59 Å². The Balaban J connectivity index is 1.86. The highest BCUT2D eigenvalue weighted by molar-refractivity contribution is 6.52. The summed E-state index contributed by atoms with van der Waals surface area (Å²) in [5, 5.41) is -0.00429. The van der Waals surface area contributed by atoms with Crippen LogP contribution in [0.5, 0.6) is 5.75 Å². The molecule has 6 nitrogen and oxygen atoms in total. The maximum atomic E-state index is 12.7. The lowest BCUT2D eigenvalue weighted by Crippen LogP contribution is -2.46. The van der Waals surface area contributed by atoms with Gasteiger partial charge in [0.05, 0.1) is 12.8 Å². The predicted octanol–water partition coefficient (Wildman–Crippen LogP) is 1.27. The fourth-order valence-corrected chi connectivity index (χ4v) is 3.05. The quantitative estimate of drug-likeness (QED) is 0.779. The van der Waals surface area contributed by atoms with Gasteiger partial charge in [-0.25, -0.2) is 4.90 Å². The number of ether oxygens (including phenoxy) is 1. The Morgan fingerprint density at radius 3 is 2.17 bits per heavy atom. The number of anilines is 1. The summed E-state index contributed by atoms with van der Waals surface area (Å²) in [4.78, 5) is 30.4. The summed E-state index contributed by atoms with van der Waals surface area (Å²) in [7, 11) is 3.59. The smallest absolute Gasteiger partial charge is 0.283 e. The Morgan fingerprint density at radius 2 is 1.61 bits per heavy atom. The van der Waals surface area contributed by atoms with Gasteiger partial charge in [0, 0.05) is 26.2 Å². The molecule has 0 atom stereocenters. The van der Waals surface area contributed by atoms with Gasteiger partial charge in [-0.2, -0.15) is 0 Å². The molecule has 0 spiro atoms. The van der Waals surface area contributed by atoms with E-state index in [0.29, 0.717) is 30.2 Å². The van der Waals surface area contributed by atoms with Crippen molar-refractivity contribution in [3.05, 3.63) is 35.0 Å². The lowest BCUT2D eigenvalue weighted by Gasteiger charge is -2.34. The predicted molar refractivity (Wildman–Crippen MR) is 87.4 cm³/mol. The topological polar surface area (TPSA) is 53.1 Å². The number of likely N-dealkylation sites (N-methyl/N-ethyl adjacent to an activating group) is 1. The van der Waals surface area contributed by atoms with Gasteiger partial charge in [0.1, 0.15) is 16.5 Å². The van der Waals surface area contributed by atoms with E-state index in [1.54, 1.807) is 31.4 Å². The molecule has 0 radical (unpaired) electrons. The zero-order chi connectivity index (χ0) is 16.6. The minimum absolute atomic E-state index is 0.00429. The first kappa shape index (κ1) is 15.8. The zero-order valence-electron chi connectivity index (χ0n) is 13.1. The normalized spacial score (nSPS) is 19.8. The maximum Gasteiger partial charge on any atom is 0.283 e. The molecule has 2 amide bonds. The van der Waals surface area contributed by atoms with Gasteiger partial charge in [-0.05, 0) is 31.3 Å². The number of nitrogens with zero attached hydrogens (tertiary/aromatic N) is 3. The van der Waals surface area contributed by atoms with Crippen LogP contribution in [0.1, 0.15) is 0 Å². The van der Waals surface area contributed by atoms with Gasteiger partial charge in [-0.1, -0.05) is 11.6 Å². The van der Waals surface area contributed by atoms with E-state index < -0.39 is 5.91 Å². The van der Waals surface area contributed by atoms with E-state index in [2.05, 4.69) is 4.90 Å². The van der Waals surface area contributed by atoms with Crippen molar-refractivity contribution < 1.29 is 14.3 Å². The summed E-state index contributed by atoms with van der Waals surface area (Å²) in [6.45, 7) is 3.02. The van der Waals surface area contributed by atoms with Crippen LogP contribution in [0.4, 0.5) is 5.69 Å². The lowest BCUT2D eigenvalue weighted by atomic mass is 10.2. The number of carbonyl (C=O) groups is 2. The van der Waals surface area contributed by atoms with Gasteiger partial charge in [0.2, 0.25) is 0 Å². The molecule has 23 heavy (non-hydrogen) atoms. The summed E-state index contributed by atoms with van der Waals surface area (Å²) < 4.78 is 5.10. The number of hydrogen-bond acceptors (Lipinski definition) is 5. The molecule has 0 saturated carbocycles. The number of hydrogen-bond donors (Lipinski definition) is 0. The van der Waals surface area contributed by atoms with Crippen LogP contribution in [0, 0.1) is 0 Å². The number of rotatable bonds is 3. The number of halogens is 1. The van der Waals surface area contributed by atoms with E-state index >= 15 is 0 Å². The SMILES string of the molecule is COc1ccc(N2C(=O)C(Cl)=C(N3CCN(C)CC3)C2=O)cc1. The number of benzene rings is 1. The van der Waals surface area contributed by atoms with Crippen molar-refractivity contribution in [2.75, 3.05) is 45.2 Å². The summed E-state index contributed by atoms with van der Waals surface area (Å²) in [5.74, 6) is -0.184. The van der Waals surface area contributed by atoms with Crippen molar-refractivity contribution in [2.45, 2.75) is 0 Å². The third-order valence-electron chi connectivity index (χ3n) is 4.15. The second kappa shape index (κ2) is 6.22. The van der Waals surface area contributed by atoms with Gasteiger partial charge in [0.15, 0.2) is 0 Å². The van der Waals surface area contributed by atoms with Crippen molar-refractivity contribution in [1.29, 1.82) is 0 Å². The minimum Gasteiger partial charge on any atom is -0.497 e. The molecule has 2 heterocycles. The van der Waals surface area contributed by atoms with E-state index in [1.807, 2.05) is 11.9 Å². The number of amides is 2. The Hall–Kier alpha value is -2.05. The largest absolute Gasteiger partial charge is 0.497 e. The highest BCUT2D eigenvalue weighted by Crippen LogP contribution is 2.32. The van der Waals surface area contributed by atoms with E-state index in [4.69, 9.17) is 16.3 Å². The molecule has 122 valence electrons. The van der Waals surface area contributed by atoms with Gasteiger partial charge in [-0.3, -0.25) is 9.59 Å². The maximum absolute atomic E-state index is 12.7. The minimum atomic E-state index is -0.476. The van der Waals surface area contributed by atoms with Gasteiger partial charge >= 0.3 is 0 Å². The van der Waals surface area contributed by atoms with Crippen LogP contribution in [0.2, 0.25) is 0 Å². The highest BCUT2D eigenvalue weighted by atomic mass is 35.5. The van der Waals surface area contributed by atoms with E-state index in [-0.39, 0.29) is 10.9 Å². The number of carbonyl (C=O) groups excluding carboxylic acids is 2. The molecule has 1 aromatic carbocycles. The Labute approximate surface area is 139 Å². The fourth-order valence-electron chi connectivity index (χ4n) is 2.76.